The Labute approximate surface area is 145 Å². The molecular formula is C16H32N2O5Si. The lowest BCUT2D eigenvalue weighted by Crippen LogP contribution is -2.45. The highest BCUT2D eigenvalue weighted by atomic mass is 28.3. The number of hydrogen-bond donors (Lipinski definition) is 2. The highest BCUT2D eigenvalue weighted by Gasteiger charge is 2.24. The Balaban J connectivity index is 2.45. The van der Waals surface area contributed by atoms with Gasteiger partial charge in [-0.25, -0.2) is 9.59 Å². The second-order valence-electron chi connectivity index (χ2n) is 7.77. The van der Waals surface area contributed by atoms with E-state index < -0.39 is 20.3 Å². The summed E-state index contributed by atoms with van der Waals surface area (Å²) < 4.78 is 10.7. The van der Waals surface area contributed by atoms with Crippen LogP contribution in [0.5, 0.6) is 0 Å². The molecule has 1 heterocycles. The van der Waals surface area contributed by atoms with Crippen LogP contribution in [0.25, 0.3) is 0 Å². The van der Waals surface area contributed by atoms with E-state index in [1.165, 1.54) is 4.90 Å². The Morgan fingerprint density at radius 2 is 2.12 bits per heavy atom. The molecule has 1 fully saturated rings. The molecule has 2 amide bonds. The zero-order valence-electron chi connectivity index (χ0n) is 15.3. The first-order valence-electron chi connectivity index (χ1n) is 8.62. The smallest absolute Gasteiger partial charge is 0.409 e. The molecule has 0 aliphatic carbocycles. The molecule has 1 saturated heterocycles. The minimum atomic E-state index is -1.24. The van der Waals surface area contributed by atoms with E-state index in [1.54, 1.807) is 7.05 Å². The van der Waals surface area contributed by atoms with Gasteiger partial charge in [-0.05, 0) is 31.2 Å². The predicted molar refractivity (Wildman–Crippen MR) is 95.2 cm³/mol. The molecule has 0 bridgehead atoms. The molecule has 140 valence electrons. The molecule has 0 spiro atoms. The van der Waals surface area contributed by atoms with Crippen molar-refractivity contribution in [2.75, 3.05) is 33.4 Å². The molecule has 2 atom stereocenters. The minimum Gasteiger partial charge on any atom is -0.465 e. The summed E-state index contributed by atoms with van der Waals surface area (Å²) in [5.41, 5.74) is 0. The van der Waals surface area contributed by atoms with E-state index in [9.17, 15) is 9.59 Å². The van der Waals surface area contributed by atoms with Crippen LogP contribution in [0.1, 0.15) is 19.3 Å². The van der Waals surface area contributed by atoms with Crippen LogP contribution in [0, 0.1) is 5.92 Å². The number of likely N-dealkylation sites (N-methyl/N-ethyl adjacent to an activating group) is 1. The SMILES string of the molecule is CN(C[C@H](C[C@H]1CCCOC1)NC(=O)O)C(=O)OCC[Si](C)(C)C. The molecule has 0 aromatic carbocycles. The first kappa shape index (κ1) is 20.8. The van der Waals surface area contributed by atoms with E-state index in [2.05, 4.69) is 25.0 Å². The molecular weight excluding hydrogens is 328 g/mol. The summed E-state index contributed by atoms with van der Waals surface area (Å²) in [4.78, 5) is 24.5. The Hall–Kier alpha value is -1.28. The number of carboxylic acid groups (broad SMARTS) is 1. The van der Waals surface area contributed by atoms with Crippen molar-refractivity contribution in [3.63, 3.8) is 0 Å². The van der Waals surface area contributed by atoms with Crippen LogP contribution < -0.4 is 5.32 Å². The maximum atomic E-state index is 12.1. The van der Waals surface area contributed by atoms with Crippen molar-refractivity contribution in [2.45, 2.75) is 51.0 Å². The molecule has 0 aromatic heterocycles. The molecule has 2 N–H and O–H groups in total. The van der Waals surface area contributed by atoms with Crippen LogP contribution in [0.4, 0.5) is 9.59 Å². The third kappa shape index (κ3) is 9.12. The Bertz CT molecular complexity index is 408. The zero-order valence-corrected chi connectivity index (χ0v) is 16.3. The third-order valence-corrected chi connectivity index (χ3v) is 5.79. The van der Waals surface area contributed by atoms with E-state index in [4.69, 9.17) is 14.6 Å². The van der Waals surface area contributed by atoms with Crippen molar-refractivity contribution < 1.29 is 24.2 Å². The van der Waals surface area contributed by atoms with Gasteiger partial charge < -0.3 is 24.8 Å². The number of carbonyl (C=O) groups excluding carboxylic acids is 1. The lowest BCUT2D eigenvalue weighted by Gasteiger charge is -2.29. The summed E-state index contributed by atoms with van der Waals surface area (Å²) >= 11 is 0. The van der Waals surface area contributed by atoms with Gasteiger partial charge in [0.25, 0.3) is 0 Å². The summed E-state index contributed by atoms with van der Waals surface area (Å²) in [6.45, 7) is 8.83. The summed E-state index contributed by atoms with van der Waals surface area (Å²) in [6.07, 6.45) is 1.22. The molecule has 0 aromatic rings. The maximum absolute atomic E-state index is 12.1. The van der Waals surface area contributed by atoms with Crippen molar-refractivity contribution >= 4 is 20.3 Å². The van der Waals surface area contributed by atoms with Crippen LogP contribution in [-0.2, 0) is 9.47 Å². The van der Waals surface area contributed by atoms with Gasteiger partial charge in [-0.15, -0.1) is 0 Å². The summed E-state index contributed by atoms with van der Waals surface area (Å²) in [7, 11) is 0.402. The average molecular weight is 361 g/mol. The van der Waals surface area contributed by atoms with Gasteiger partial charge >= 0.3 is 12.2 Å². The maximum Gasteiger partial charge on any atom is 0.409 e. The van der Waals surface area contributed by atoms with Crippen molar-refractivity contribution in [3.8, 4) is 0 Å². The topological polar surface area (TPSA) is 88.1 Å². The van der Waals surface area contributed by atoms with Gasteiger partial charge in [-0.1, -0.05) is 19.6 Å². The first-order chi connectivity index (χ1) is 11.2. The molecule has 1 aliphatic heterocycles. The second kappa shape index (κ2) is 9.88. The largest absolute Gasteiger partial charge is 0.465 e. The van der Waals surface area contributed by atoms with Crippen LogP contribution in [0.3, 0.4) is 0 Å². The van der Waals surface area contributed by atoms with Gasteiger partial charge in [-0.3, -0.25) is 0 Å². The lowest BCUT2D eigenvalue weighted by atomic mass is 9.94. The molecule has 8 heteroatoms. The average Bonchev–Trinajstić information content (AvgIpc) is 2.46. The summed E-state index contributed by atoms with van der Waals surface area (Å²) in [6, 6.07) is 0.603. The lowest BCUT2D eigenvalue weighted by molar-refractivity contribution is 0.0453. The Morgan fingerprint density at radius 3 is 2.67 bits per heavy atom. The summed E-state index contributed by atoms with van der Waals surface area (Å²) in [5.74, 6) is 0.326. The third-order valence-electron chi connectivity index (χ3n) is 4.08. The quantitative estimate of drug-likeness (QED) is 0.650. The van der Waals surface area contributed by atoms with Crippen LogP contribution >= 0.6 is 0 Å². The van der Waals surface area contributed by atoms with Gasteiger partial charge in [0.05, 0.1) is 12.6 Å². The fourth-order valence-corrected chi connectivity index (χ4v) is 3.42. The monoisotopic (exact) mass is 360 g/mol. The van der Waals surface area contributed by atoms with E-state index in [0.717, 1.165) is 25.5 Å². The Kier molecular flexibility index (Phi) is 8.55. The Morgan fingerprint density at radius 1 is 1.42 bits per heavy atom. The van der Waals surface area contributed by atoms with Crippen LogP contribution in [0.2, 0.25) is 25.7 Å². The van der Waals surface area contributed by atoms with Crippen molar-refractivity contribution in [1.82, 2.24) is 10.2 Å². The molecule has 0 radical (unpaired) electrons. The van der Waals surface area contributed by atoms with Crippen molar-refractivity contribution in [2.24, 2.45) is 5.92 Å². The molecule has 1 rings (SSSR count). The van der Waals surface area contributed by atoms with E-state index in [0.29, 0.717) is 32.1 Å². The first-order valence-corrected chi connectivity index (χ1v) is 12.3. The van der Waals surface area contributed by atoms with Gasteiger partial charge in [0, 0.05) is 34.9 Å². The van der Waals surface area contributed by atoms with Gasteiger partial charge in [0.15, 0.2) is 0 Å². The number of nitrogens with one attached hydrogen (secondary N) is 1. The minimum absolute atomic E-state index is 0.300. The van der Waals surface area contributed by atoms with E-state index in [-0.39, 0.29) is 6.04 Å². The number of nitrogens with zero attached hydrogens (tertiary/aromatic N) is 1. The highest BCUT2D eigenvalue weighted by Crippen LogP contribution is 2.19. The normalized spacial score (nSPS) is 19.4. The predicted octanol–water partition coefficient (Wildman–Crippen LogP) is 2.85. The standard InChI is InChI=1S/C16H32N2O5Si/c1-18(16(21)23-8-9-24(2,3)4)11-14(17-15(19)20)10-13-6-5-7-22-12-13/h13-14,17H,5-12H2,1-4H3,(H,19,20)/t13-,14+/m1/s1. The molecule has 7 nitrogen and oxygen atoms in total. The van der Waals surface area contributed by atoms with Crippen LogP contribution in [-0.4, -0.2) is 69.7 Å². The highest BCUT2D eigenvalue weighted by molar-refractivity contribution is 6.76. The molecule has 1 aliphatic rings. The number of hydrogen-bond acceptors (Lipinski definition) is 4. The number of amides is 2. The van der Waals surface area contributed by atoms with E-state index >= 15 is 0 Å². The fourth-order valence-electron chi connectivity index (χ4n) is 2.71. The number of ether oxygens (including phenoxy) is 2. The van der Waals surface area contributed by atoms with Gasteiger partial charge in [0.2, 0.25) is 0 Å². The van der Waals surface area contributed by atoms with Crippen molar-refractivity contribution in [1.29, 1.82) is 0 Å². The van der Waals surface area contributed by atoms with Crippen molar-refractivity contribution in [3.05, 3.63) is 0 Å². The van der Waals surface area contributed by atoms with Crippen LogP contribution in [0.15, 0.2) is 0 Å². The fraction of sp³-hybridized carbons (Fsp3) is 0.875. The number of rotatable bonds is 8. The molecule has 24 heavy (non-hydrogen) atoms. The zero-order chi connectivity index (χ0) is 18.2. The molecule has 0 unspecified atom stereocenters. The number of carbonyl (C=O) groups is 2. The second-order valence-corrected chi connectivity index (χ2v) is 13.4. The molecule has 0 saturated carbocycles. The van der Waals surface area contributed by atoms with E-state index in [1.807, 2.05) is 0 Å². The van der Waals surface area contributed by atoms with Gasteiger partial charge in [0.1, 0.15) is 0 Å². The summed E-state index contributed by atoms with van der Waals surface area (Å²) in [5, 5.41) is 11.5. The van der Waals surface area contributed by atoms with Gasteiger partial charge in [-0.2, -0.15) is 0 Å².